The Labute approximate surface area is 85.3 Å². The first-order valence-electron chi connectivity index (χ1n) is 4.10. The van der Waals surface area contributed by atoms with Crippen LogP contribution < -0.4 is 10.5 Å². The minimum Gasteiger partial charge on any atom is -0.494 e. The van der Waals surface area contributed by atoms with E-state index in [1.807, 2.05) is 0 Å². The van der Waals surface area contributed by atoms with Gasteiger partial charge in [0.05, 0.1) is 18.4 Å². The molecule has 0 aliphatic heterocycles. The van der Waals surface area contributed by atoms with Gasteiger partial charge in [0.25, 0.3) is 6.43 Å². The molecule has 15 heavy (non-hydrogen) atoms. The zero-order valence-electron chi connectivity index (χ0n) is 8.00. The number of nitriles is 1. The Morgan fingerprint density at radius 2 is 2.33 bits per heavy atom. The second-order valence-corrected chi connectivity index (χ2v) is 2.69. The van der Waals surface area contributed by atoms with E-state index < -0.39 is 6.43 Å². The average molecular weight is 213 g/mol. The second kappa shape index (κ2) is 4.66. The molecule has 0 fully saturated rings. The third kappa shape index (κ3) is 2.19. The van der Waals surface area contributed by atoms with Crippen molar-refractivity contribution in [2.24, 2.45) is 5.73 Å². The van der Waals surface area contributed by atoms with E-state index >= 15 is 0 Å². The molecule has 0 aromatic carbocycles. The molecular formula is C9H9F2N3O. The summed E-state index contributed by atoms with van der Waals surface area (Å²) in [4.78, 5) is 3.78. The summed E-state index contributed by atoms with van der Waals surface area (Å²) < 4.78 is 30.0. The lowest BCUT2D eigenvalue weighted by atomic mass is 10.1. The van der Waals surface area contributed by atoms with Crippen LogP contribution in [-0.4, -0.2) is 12.1 Å². The third-order valence-electron chi connectivity index (χ3n) is 1.82. The summed E-state index contributed by atoms with van der Waals surface area (Å²) in [6.07, 6.45) is -2.72. The molecule has 0 aliphatic carbocycles. The van der Waals surface area contributed by atoms with Crippen LogP contribution in [0.1, 0.15) is 23.4 Å². The van der Waals surface area contributed by atoms with Crippen LogP contribution in [0.15, 0.2) is 6.07 Å². The molecule has 0 radical (unpaired) electrons. The van der Waals surface area contributed by atoms with Gasteiger partial charge in [0.1, 0.15) is 11.8 Å². The molecule has 0 saturated heterocycles. The van der Waals surface area contributed by atoms with Crippen molar-refractivity contribution in [1.29, 1.82) is 5.26 Å². The molecule has 0 unspecified atom stereocenters. The number of pyridine rings is 1. The van der Waals surface area contributed by atoms with Crippen LogP contribution in [0.4, 0.5) is 8.78 Å². The van der Waals surface area contributed by atoms with Gasteiger partial charge >= 0.3 is 0 Å². The molecule has 1 aromatic rings. The van der Waals surface area contributed by atoms with Gasteiger partial charge < -0.3 is 10.5 Å². The summed E-state index contributed by atoms with van der Waals surface area (Å²) in [6, 6.07) is 2.70. The summed E-state index contributed by atoms with van der Waals surface area (Å²) in [5, 5.41) is 8.59. The number of alkyl halides is 2. The van der Waals surface area contributed by atoms with Gasteiger partial charge in [-0.05, 0) is 6.07 Å². The molecule has 4 nitrogen and oxygen atoms in total. The lowest BCUT2D eigenvalue weighted by Gasteiger charge is -2.11. The SMILES string of the molecule is COc1c(C(F)F)cc(C#N)nc1CN. The third-order valence-corrected chi connectivity index (χ3v) is 1.82. The van der Waals surface area contributed by atoms with Crippen LogP contribution in [-0.2, 0) is 6.54 Å². The number of halogens is 2. The Morgan fingerprint density at radius 3 is 2.73 bits per heavy atom. The fraction of sp³-hybridized carbons (Fsp3) is 0.333. The Morgan fingerprint density at radius 1 is 1.67 bits per heavy atom. The van der Waals surface area contributed by atoms with Crippen molar-refractivity contribution in [3.05, 3.63) is 23.0 Å². The van der Waals surface area contributed by atoms with E-state index in [9.17, 15) is 8.78 Å². The minimum absolute atomic E-state index is 0.0495. The standard InChI is InChI=1S/C9H9F2N3O/c1-15-8-6(9(10)11)2-5(3-12)14-7(8)4-13/h2,9H,4,13H2,1H3. The number of nitrogens with two attached hydrogens (primary N) is 1. The highest BCUT2D eigenvalue weighted by Crippen LogP contribution is 2.31. The zero-order valence-corrected chi connectivity index (χ0v) is 8.00. The fourth-order valence-electron chi connectivity index (χ4n) is 1.20. The first-order valence-corrected chi connectivity index (χ1v) is 4.10. The van der Waals surface area contributed by atoms with E-state index in [0.29, 0.717) is 0 Å². The van der Waals surface area contributed by atoms with E-state index in [-0.39, 0.29) is 29.2 Å². The number of hydrogen-bond acceptors (Lipinski definition) is 4. The van der Waals surface area contributed by atoms with Gasteiger partial charge in [0.2, 0.25) is 0 Å². The predicted molar refractivity (Wildman–Crippen MR) is 48.4 cm³/mol. The summed E-state index contributed by atoms with van der Waals surface area (Å²) in [7, 11) is 1.26. The van der Waals surface area contributed by atoms with E-state index in [0.717, 1.165) is 6.07 Å². The van der Waals surface area contributed by atoms with Gasteiger partial charge in [-0.25, -0.2) is 13.8 Å². The number of nitrogens with zero attached hydrogens (tertiary/aromatic N) is 2. The first-order chi connectivity index (χ1) is 7.13. The Bertz CT molecular complexity index is 401. The van der Waals surface area contributed by atoms with Crippen molar-refractivity contribution in [2.75, 3.05) is 7.11 Å². The number of rotatable bonds is 3. The van der Waals surface area contributed by atoms with Crippen molar-refractivity contribution in [2.45, 2.75) is 13.0 Å². The average Bonchev–Trinajstić information content (AvgIpc) is 2.26. The van der Waals surface area contributed by atoms with Crippen LogP contribution in [0, 0.1) is 11.3 Å². The van der Waals surface area contributed by atoms with E-state index in [4.69, 9.17) is 15.7 Å². The lowest BCUT2D eigenvalue weighted by molar-refractivity contribution is 0.146. The monoisotopic (exact) mass is 213 g/mol. The van der Waals surface area contributed by atoms with Crippen LogP contribution in [0.25, 0.3) is 0 Å². The quantitative estimate of drug-likeness (QED) is 0.822. The van der Waals surface area contributed by atoms with Crippen LogP contribution in [0.3, 0.4) is 0 Å². The van der Waals surface area contributed by atoms with Crippen LogP contribution >= 0.6 is 0 Å². The maximum atomic E-state index is 12.6. The zero-order chi connectivity index (χ0) is 11.4. The normalized spacial score (nSPS) is 10.1. The second-order valence-electron chi connectivity index (χ2n) is 2.69. The molecule has 0 amide bonds. The molecule has 6 heteroatoms. The van der Waals surface area contributed by atoms with Crippen molar-refractivity contribution in [1.82, 2.24) is 4.98 Å². The molecule has 0 bridgehead atoms. The Hall–Kier alpha value is -1.74. The molecule has 0 atom stereocenters. The molecule has 0 aliphatic rings. The maximum absolute atomic E-state index is 12.6. The molecular weight excluding hydrogens is 204 g/mol. The summed E-state index contributed by atoms with van der Waals surface area (Å²) in [6.45, 7) is -0.0571. The first kappa shape index (κ1) is 11.3. The summed E-state index contributed by atoms with van der Waals surface area (Å²) >= 11 is 0. The van der Waals surface area contributed by atoms with Gasteiger partial charge in [-0.15, -0.1) is 0 Å². The predicted octanol–water partition coefficient (Wildman–Crippen LogP) is 1.36. The van der Waals surface area contributed by atoms with Gasteiger partial charge in [0, 0.05) is 6.54 Å². The van der Waals surface area contributed by atoms with Crippen LogP contribution in [0.5, 0.6) is 5.75 Å². The Kier molecular flexibility index (Phi) is 3.52. The highest BCUT2D eigenvalue weighted by Gasteiger charge is 2.19. The van der Waals surface area contributed by atoms with Crippen LogP contribution in [0.2, 0.25) is 0 Å². The molecule has 2 N–H and O–H groups in total. The van der Waals surface area contributed by atoms with Gasteiger partial charge in [-0.3, -0.25) is 0 Å². The topological polar surface area (TPSA) is 71.9 Å². The molecule has 1 rings (SSSR count). The maximum Gasteiger partial charge on any atom is 0.267 e. The fourth-order valence-corrected chi connectivity index (χ4v) is 1.20. The molecule has 80 valence electrons. The Balaban J connectivity index is 3.40. The molecule has 1 heterocycles. The van der Waals surface area contributed by atoms with Gasteiger partial charge in [0.15, 0.2) is 5.75 Å². The van der Waals surface area contributed by atoms with E-state index in [2.05, 4.69) is 4.98 Å². The van der Waals surface area contributed by atoms with E-state index in [1.54, 1.807) is 6.07 Å². The molecule has 0 spiro atoms. The highest BCUT2D eigenvalue weighted by molar-refractivity contribution is 5.42. The van der Waals surface area contributed by atoms with Crippen molar-refractivity contribution in [3.63, 3.8) is 0 Å². The number of aromatic nitrogens is 1. The number of hydrogen-bond donors (Lipinski definition) is 1. The smallest absolute Gasteiger partial charge is 0.267 e. The molecule has 0 saturated carbocycles. The lowest BCUT2D eigenvalue weighted by Crippen LogP contribution is -2.07. The number of methoxy groups -OCH3 is 1. The molecule has 1 aromatic heterocycles. The minimum atomic E-state index is -2.72. The van der Waals surface area contributed by atoms with Crippen molar-refractivity contribution >= 4 is 0 Å². The van der Waals surface area contributed by atoms with Crippen molar-refractivity contribution < 1.29 is 13.5 Å². The van der Waals surface area contributed by atoms with E-state index in [1.165, 1.54) is 7.11 Å². The van der Waals surface area contributed by atoms with Crippen molar-refractivity contribution in [3.8, 4) is 11.8 Å². The van der Waals surface area contributed by atoms with Gasteiger partial charge in [-0.1, -0.05) is 0 Å². The number of ether oxygens (including phenoxy) is 1. The highest BCUT2D eigenvalue weighted by atomic mass is 19.3. The van der Waals surface area contributed by atoms with Gasteiger partial charge in [-0.2, -0.15) is 5.26 Å². The largest absolute Gasteiger partial charge is 0.494 e. The summed E-state index contributed by atoms with van der Waals surface area (Å²) in [5.41, 5.74) is 5.03. The summed E-state index contributed by atoms with van der Waals surface area (Å²) in [5.74, 6) is -0.0495.